The Bertz CT molecular complexity index is 1080. The minimum Gasteiger partial charge on any atom is -0.382 e. The molecular weight excluding hydrogens is 395 g/mol. The monoisotopic (exact) mass is 412 g/mol. The molecule has 0 spiro atoms. The van der Waals surface area contributed by atoms with Crippen molar-refractivity contribution in [2.75, 3.05) is 5.32 Å². The van der Waals surface area contributed by atoms with Crippen LogP contribution in [0.2, 0.25) is 5.02 Å². The highest BCUT2D eigenvalue weighted by Crippen LogP contribution is 2.20. The van der Waals surface area contributed by atoms with Crippen LogP contribution < -0.4 is 5.32 Å². The molecule has 0 bridgehead atoms. The smallest absolute Gasteiger partial charge is 0.269 e. The van der Waals surface area contributed by atoms with E-state index in [1.165, 1.54) is 12.1 Å². The van der Waals surface area contributed by atoms with Gasteiger partial charge in [0.1, 0.15) is 5.82 Å². The molecule has 1 aromatic heterocycles. The molecule has 1 aliphatic rings. The number of aryl methyl sites for hydroxylation is 1. The maximum Gasteiger partial charge on any atom is 0.269 e. The third-order valence-electron chi connectivity index (χ3n) is 4.65. The van der Waals surface area contributed by atoms with E-state index in [9.17, 15) is 9.18 Å². The standard InChI is InChI=1S/C21H18ClFN4O2/c1-13-10-20(25-27(13)12-15-4-2-3-5-17(15)22)24-21(28)19-11-18(26-29-19)14-6-8-16(23)9-7-14/h2-10,19H,11-12H2,1H3,(H,24,25,28). The number of carbonyl (C=O) groups is 1. The second-order valence-corrected chi connectivity index (χ2v) is 7.16. The number of rotatable bonds is 5. The molecule has 1 atom stereocenters. The number of oxime groups is 1. The van der Waals surface area contributed by atoms with Gasteiger partial charge in [-0.1, -0.05) is 47.1 Å². The van der Waals surface area contributed by atoms with Gasteiger partial charge in [-0.05, 0) is 36.2 Å². The maximum absolute atomic E-state index is 13.1. The number of hydrogen-bond acceptors (Lipinski definition) is 4. The number of carbonyl (C=O) groups excluding carboxylic acids is 1. The molecule has 1 unspecified atom stereocenters. The van der Waals surface area contributed by atoms with Crippen molar-refractivity contribution >= 4 is 29.0 Å². The van der Waals surface area contributed by atoms with Crippen molar-refractivity contribution in [3.8, 4) is 0 Å². The van der Waals surface area contributed by atoms with Gasteiger partial charge in [-0.3, -0.25) is 9.48 Å². The molecule has 2 aromatic carbocycles. The molecule has 0 saturated carbocycles. The number of halogens is 2. The van der Waals surface area contributed by atoms with Crippen LogP contribution in [0.3, 0.4) is 0 Å². The Labute approximate surface area is 171 Å². The number of nitrogens with one attached hydrogen (secondary N) is 1. The zero-order valence-electron chi connectivity index (χ0n) is 15.6. The summed E-state index contributed by atoms with van der Waals surface area (Å²) in [6.45, 7) is 2.40. The van der Waals surface area contributed by atoms with Gasteiger partial charge in [-0.15, -0.1) is 0 Å². The van der Waals surface area contributed by atoms with Gasteiger partial charge in [0.05, 0.1) is 12.3 Å². The minimum atomic E-state index is -0.760. The van der Waals surface area contributed by atoms with Gasteiger partial charge >= 0.3 is 0 Å². The van der Waals surface area contributed by atoms with Crippen LogP contribution >= 0.6 is 11.6 Å². The second kappa shape index (κ2) is 8.05. The predicted molar refractivity (Wildman–Crippen MR) is 109 cm³/mol. The van der Waals surface area contributed by atoms with Gasteiger partial charge < -0.3 is 10.2 Å². The molecule has 29 heavy (non-hydrogen) atoms. The first-order chi connectivity index (χ1) is 14.0. The SMILES string of the molecule is Cc1cc(NC(=O)C2CC(c3ccc(F)cc3)=NO2)nn1Cc1ccccc1Cl. The molecule has 1 amide bonds. The van der Waals surface area contributed by atoms with Crippen molar-refractivity contribution in [3.63, 3.8) is 0 Å². The number of amides is 1. The normalized spacial score (nSPS) is 15.7. The Hall–Kier alpha value is -3.19. The predicted octanol–water partition coefficient (Wildman–Crippen LogP) is 4.16. The fourth-order valence-electron chi connectivity index (χ4n) is 3.06. The Morgan fingerprint density at radius 3 is 2.79 bits per heavy atom. The summed E-state index contributed by atoms with van der Waals surface area (Å²) in [6, 6.07) is 15.2. The summed E-state index contributed by atoms with van der Waals surface area (Å²) in [5, 5.41) is 11.8. The molecule has 1 aliphatic heterocycles. The first-order valence-corrected chi connectivity index (χ1v) is 9.45. The van der Waals surface area contributed by atoms with E-state index in [-0.39, 0.29) is 11.7 Å². The molecule has 2 heterocycles. The molecule has 0 fully saturated rings. The van der Waals surface area contributed by atoms with E-state index in [1.807, 2.05) is 31.2 Å². The largest absolute Gasteiger partial charge is 0.382 e. The minimum absolute atomic E-state index is 0.302. The molecule has 0 saturated heterocycles. The van der Waals surface area contributed by atoms with Gasteiger partial charge in [-0.2, -0.15) is 5.10 Å². The summed E-state index contributed by atoms with van der Waals surface area (Å²) < 4.78 is 14.8. The van der Waals surface area contributed by atoms with Gasteiger partial charge in [0.25, 0.3) is 5.91 Å². The molecular formula is C21H18ClFN4O2. The first kappa shape index (κ1) is 19.1. The van der Waals surface area contributed by atoms with Gasteiger partial charge in [0, 0.05) is 23.2 Å². The first-order valence-electron chi connectivity index (χ1n) is 9.07. The van der Waals surface area contributed by atoms with E-state index in [1.54, 1.807) is 22.9 Å². The average molecular weight is 413 g/mol. The van der Waals surface area contributed by atoms with E-state index in [0.29, 0.717) is 29.5 Å². The molecule has 0 aliphatic carbocycles. The van der Waals surface area contributed by atoms with Crippen LogP contribution in [0.15, 0.2) is 59.8 Å². The fourth-order valence-corrected chi connectivity index (χ4v) is 3.25. The lowest BCUT2D eigenvalue weighted by atomic mass is 10.0. The Morgan fingerprint density at radius 2 is 2.03 bits per heavy atom. The fraction of sp³-hybridized carbons (Fsp3) is 0.190. The third kappa shape index (κ3) is 4.30. The number of hydrogen-bond donors (Lipinski definition) is 1. The van der Waals surface area contributed by atoms with Crippen LogP contribution in [-0.2, 0) is 16.2 Å². The van der Waals surface area contributed by atoms with Crippen LogP contribution in [0.25, 0.3) is 0 Å². The Balaban J connectivity index is 1.39. The summed E-state index contributed by atoms with van der Waals surface area (Å²) >= 11 is 6.22. The molecule has 8 heteroatoms. The Kier molecular flexibility index (Phi) is 5.31. The summed E-state index contributed by atoms with van der Waals surface area (Å²) in [4.78, 5) is 17.8. The number of aromatic nitrogens is 2. The highest BCUT2D eigenvalue weighted by atomic mass is 35.5. The third-order valence-corrected chi connectivity index (χ3v) is 5.02. The van der Waals surface area contributed by atoms with E-state index in [0.717, 1.165) is 16.8 Å². The van der Waals surface area contributed by atoms with Crippen molar-refractivity contribution in [2.45, 2.75) is 26.0 Å². The molecule has 6 nitrogen and oxygen atoms in total. The maximum atomic E-state index is 13.1. The van der Waals surface area contributed by atoms with Crippen LogP contribution in [-0.4, -0.2) is 27.5 Å². The number of anilines is 1. The second-order valence-electron chi connectivity index (χ2n) is 6.75. The van der Waals surface area contributed by atoms with E-state index in [4.69, 9.17) is 16.4 Å². The molecule has 1 N–H and O–H groups in total. The molecule has 0 radical (unpaired) electrons. The van der Waals surface area contributed by atoms with Crippen LogP contribution in [0.5, 0.6) is 0 Å². The molecule has 148 valence electrons. The average Bonchev–Trinajstić information content (AvgIpc) is 3.32. The van der Waals surface area contributed by atoms with Crippen LogP contribution in [0.1, 0.15) is 23.2 Å². The van der Waals surface area contributed by atoms with Crippen molar-refractivity contribution < 1.29 is 14.0 Å². The van der Waals surface area contributed by atoms with Crippen LogP contribution in [0, 0.1) is 12.7 Å². The number of benzene rings is 2. The van der Waals surface area contributed by atoms with Gasteiger partial charge in [0.2, 0.25) is 6.10 Å². The highest BCUT2D eigenvalue weighted by Gasteiger charge is 2.29. The van der Waals surface area contributed by atoms with Gasteiger partial charge in [-0.25, -0.2) is 4.39 Å². The van der Waals surface area contributed by atoms with E-state index >= 15 is 0 Å². The van der Waals surface area contributed by atoms with Crippen molar-refractivity contribution in [3.05, 3.63) is 82.3 Å². The van der Waals surface area contributed by atoms with E-state index < -0.39 is 6.10 Å². The lowest BCUT2D eigenvalue weighted by molar-refractivity contribution is -0.125. The zero-order chi connectivity index (χ0) is 20.4. The summed E-state index contributed by atoms with van der Waals surface area (Å²) in [5.74, 6) is -0.239. The number of nitrogens with zero attached hydrogens (tertiary/aromatic N) is 3. The van der Waals surface area contributed by atoms with Crippen LogP contribution in [0.4, 0.5) is 10.2 Å². The van der Waals surface area contributed by atoms with Gasteiger partial charge in [0.15, 0.2) is 5.82 Å². The molecule has 4 rings (SSSR count). The van der Waals surface area contributed by atoms with E-state index in [2.05, 4.69) is 15.6 Å². The van der Waals surface area contributed by atoms with Crippen molar-refractivity contribution in [1.82, 2.24) is 9.78 Å². The zero-order valence-corrected chi connectivity index (χ0v) is 16.4. The lowest BCUT2D eigenvalue weighted by Crippen LogP contribution is -2.28. The highest BCUT2D eigenvalue weighted by molar-refractivity contribution is 6.31. The topological polar surface area (TPSA) is 68.5 Å². The van der Waals surface area contributed by atoms with Crippen molar-refractivity contribution in [2.24, 2.45) is 5.16 Å². The Morgan fingerprint density at radius 1 is 1.28 bits per heavy atom. The summed E-state index contributed by atoms with van der Waals surface area (Å²) in [7, 11) is 0. The molecule has 3 aromatic rings. The van der Waals surface area contributed by atoms with Crippen molar-refractivity contribution in [1.29, 1.82) is 0 Å². The lowest BCUT2D eigenvalue weighted by Gasteiger charge is -2.08. The summed E-state index contributed by atoms with van der Waals surface area (Å²) in [6.07, 6.45) is -0.458. The summed E-state index contributed by atoms with van der Waals surface area (Å²) in [5.41, 5.74) is 3.15. The quantitative estimate of drug-likeness (QED) is 0.684.